The minimum atomic E-state index is 0.153. The Morgan fingerprint density at radius 2 is 2.10 bits per heavy atom. The van der Waals surface area contributed by atoms with Gasteiger partial charge < -0.3 is 15.2 Å². The van der Waals surface area contributed by atoms with Gasteiger partial charge in [0.25, 0.3) is 0 Å². The van der Waals surface area contributed by atoms with Crippen molar-refractivity contribution < 1.29 is 9.84 Å². The second-order valence-electron chi connectivity index (χ2n) is 4.86. The van der Waals surface area contributed by atoms with Crippen molar-refractivity contribution in [3.05, 3.63) is 53.3 Å². The zero-order chi connectivity index (χ0) is 14.5. The molecular formula is C16H20N2O2. The Bertz CT molecular complexity index is 567. The first-order valence-corrected chi connectivity index (χ1v) is 6.62. The summed E-state index contributed by atoms with van der Waals surface area (Å²) in [6.45, 7) is 4.80. The summed E-state index contributed by atoms with van der Waals surface area (Å²) in [6.07, 6.45) is 1.45. The Labute approximate surface area is 119 Å². The summed E-state index contributed by atoms with van der Waals surface area (Å²) >= 11 is 0. The van der Waals surface area contributed by atoms with E-state index in [1.807, 2.05) is 18.2 Å². The number of benzene rings is 1. The van der Waals surface area contributed by atoms with Gasteiger partial charge in [-0.2, -0.15) is 0 Å². The molecule has 2 N–H and O–H groups in total. The van der Waals surface area contributed by atoms with E-state index < -0.39 is 0 Å². The van der Waals surface area contributed by atoms with Crippen LogP contribution in [0.25, 0.3) is 0 Å². The fourth-order valence-corrected chi connectivity index (χ4v) is 2.08. The van der Waals surface area contributed by atoms with Gasteiger partial charge in [-0.3, -0.25) is 4.98 Å². The fraction of sp³-hybridized carbons (Fsp3) is 0.312. The van der Waals surface area contributed by atoms with Crippen molar-refractivity contribution in [3.63, 3.8) is 0 Å². The number of aromatic nitrogens is 1. The molecule has 0 aliphatic heterocycles. The van der Waals surface area contributed by atoms with E-state index in [1.54, 1.807) is 13.2 Å². The number of ether oxygens (including phenoxy) is 1. The van der Waals surface area contributed by atoms with E-state index in [9.17, 15) is 5.11 Å². The normalized spacial score (nSPS) is 12.2. The summed E-state index contributed by atoms with van der Waals surface area (Å²) in [4.78, 5) is 4.16. The zero-order valence-corrected chi connectivity index (χ0v) is 12.1. The third-order valence-corrected chi connectivity index (χ3v) is 3.25. The van der Waals surface area contributed by atoms with Gasteiger partial charge in [0.15, 0.2) is 0 Å². The van der Waals surface area contributed by atoms with E-state index in [1.165, 1.54) is 11.8 Å². The van der Waals surface area contributed by atoms with E-state index in [0.717, 1.165) is 17.0 Å². The highest BCUT2D eigenvalue weighted by atomic mass is 16.5. The SMILES string of the molecule is COc1ccc(C)cc1C(C)NCc1ccc(O)cn1. The van der Waals surface area contributed by atoms with Gasteiger partial charge in [0, 0.05) is 18.2 Å². The number of hydrogen-bond acceptors (Lipinski definition) is 4. The lowest BCUT2D eigenvalue weighted by atomic mass is 10.0. The van der Waals surface area contributed by atoms with Gasteiger partial charge in [0.2, 0.25) is 0 Å². The monoisotopic (exact) mass is 272 g/mol. The van der Waals surface area contributed by atoms with Gasteiger partial charge in [-0.25, -0.2) is 0 Å². The first-order valence-electron chi connectivity index (χ1n) is 6.62. The largest absolute Gasteiger partial charge is 0.506 e. The molecule has 4 heteroatoms. The molecule has 0 radical (unpaired) electrons. The molecule has 0 bridgehead atoms. The molecule has 1 unspecified atom stereocenters. The molecule has 0 saturated carbocycles. The van der Waals surface area contributed by atoms with Gasteiger partial charge >= 0.3 is 0 Å². The van der Waals surface area contributed by atoms with Gasteiger partial charge in [-0.15, -0.1) is 0 Å². The van der Waals surface area contributed by atoms with Crippen LogP contribution in [0.15, 0.2) is 36.5 Å². The van der Waals surface area contributed by atoms with Crippen LogP contribution in [0.4, 0.5) is 0 Å². The molecular weight excluding hydrogens is 252 g/mol. The number of methoxy groups -OCH3 is 1. The lowest BCUT2D eigenvalue weighted by Crippen LogP contribution is -2.19. The van der Waals surface area contributed by atoms with E-state index in [-0.39, 0.29) is 11.8 Å². The van der Waals surface area contributed by atoms with Crippen molar-refractivity contribution in [2.45, 2.75) is 26.4 Å². The number of hydrogen-bond donors (Lipinski definition) is 2. The highest BCUT2D eigenvalue weighted by Crippen LogP contribution is 2.26. The molecule has 20 heavy (non-hydrogen) atoms. The average molecular weight is 272 g/mol. The molecule has 0 amide bonds. The Hall–Kier alpha value is -2.07. The van der Waals surface area contributed by atoms with Crippen molar-refractivity contribution in [1.82, 2.24) is 10.3 Å². The van der Waals surface area contributed by atoms with Gasteiger partial charge in [-0.1, -0.05) is 17.7 Å². The predicted molar refractivity (Wildman–Crippen MR) is 78.9 cm³/mol. The second-order valence-corrected chi connectivity index (χ2v) is 4.86. The Balaban J connectivity index is 2.06. The van der Waals surface area contributed by atoms with E-state index in [0.29, 0.717) is 6.54 Å². The lowest BCUT2D eigenvalue weighted by molar-refractivity contribution is 0.401. The molecule has 2 rings (SSSR count). The maximum atomic E-state index is 9.21. The fourth-order valence-electron chi connectivity index (χ4n) is 2.08. The van der Waals surface area contributed by atoms with Crippen molar-refractivity contribution in [1.29, 1.82) is 0 Å². The zero-order valence-electron chi connectivity index (χ0n) is 12.1. The van der Waals surface area contributed by atoms with Crippen molar-refractivity contribution in [3.8, 4) is 11.5 Å². The van der Waals surface area contributed by atoms with Gasteiger partial charge in [-0.05, 0) is 32.0 Å². The first-order chi connectivity index (χ1) is 9.60. The van der Waals surface area contributed by atoms with Crippen LogP contribution in [0, 0.1) is 6.92 Å². The molecule has 1 atom stereocenters. The summed E-state index contributed by atoms with van der Waals surface area (Å²) in [7, 11) is 1.68. The minimum Gasteiger partial charge on any atom is -0.506 e. The predicted octanol–water partition coefficient (Wildman–Crippen LogP) is 2.96. The third-order valence-electron chi connectivity index (χ3n) is 3.25. The highest BCUT2D eigenvalue weighted by Gasteiger charge is 2.11. The number of rotatable bonds is 5. The summed E-state index contributed by atoms with van der Waals surface area (Å²) in [5.74, 6) is 1.07. The maximum absolute atomic E-state index is 9.21. The van der Waals surface area contributed by atoms with Crippen LogP contribution in [0.1, 0.15) is 29.8 Å². The molecule has 0 aliphatic rings. The molecule has 0 spiro atoms. The lowest BCUT2D eigenvalue weighted by Gasteiger charge is -2.17. The molecule has 2 aromatic rings. The topological polar surface area (TPSA) is 54.4 Å². The van der Waals surface area contributed by atoms with Crippen LogP contribution in [0.2, 0.25) is 0 Å². The summed E-state index contributed by atoms with van der Waals surface area (Å²) < 4.78 is 5.40. The Morgan fingerprint density at radius 1 is 1.30 bits per heavy atom. The average Bonchev–Trinajstić information content (AvgIpc) is 2.46. The van der Waals surface area contributed by atoms with E-state index in [2.05, 4.69) is 30.2 Å². The molecule has 1 aromatic carbocycles. The van der Waals surface area contributed by atoms with Crippen molar-refractivity contribution in [2.24, 2.45) is 0 Å². The van der Waals surface area contributed by atoms with Crippen molar-refractivity contribution in [2.75, 3.05) is 7.11 Å². The number of aryl methyl sites for hydroxylation is 1. The van der Waals surface area contributed by atoms with Crippen LogP contribution in [-0.4, -0.2) is 17.2 Å². The summed E-state index contributed by atoms with van der Waals surface area (Å²) in [5, 5.41) is 12.6. The standard InChI is InChI=1S/C16H20N2O2/c1-11-4-7-16(20-3)15(8-11)12(2)17-9-13-5-6-14(19)10-18-13/h4-8,10,12,17,19H,9H2,1-3H3. The molecule has 0 aliphatic carbocycles. The van der Waals surface area contributed by atoms with E-state index >= 15 is 0 Å². The van der Waals surface area contributed by atoms with E-state index in [4.69, 9.17) is 4.74 Å². The van der Waals surface area contributed by atoms with Crippen molar-refractivity contribution >= 4 is 0 Å². The van der Waals surface area contributed by atoms with Crippen LogP contribution in [0.5, 0.6) is 11.5 Å². The second kappa shape index (κ2) is 6.39. The minimum absolute atomic E-state index is 0.153. The molecule has 1 heterocycles. The van der Waals surface area contributed by atoms with Crippen LogP contribution < -0.4 is 10.1 Å². The molecule has 1 aromatic heterocycles. The van der Waals surface area contributed by atoms with Gasteiger partial charge in [0.1, 0.15) is 11.5 Å². The Morgan fingerprint density at radius 3 is 2.75 bits per heavy atom. The molecule has 106 valence electrons. The van der Waals surface area contributed by atoms with Crippen LogP contribution >= 0.6 is 0 Å². The first kappa shape index (κ1) is 14.3. The van der Waals surface area contributed by atoms with Crippen LogP contribution in [-0.2, 0) is 6.54 Å². The summed E-state index contributed by atoms with van der Waals surface area (Å²) in [5.41, 5.74) is 3.23. The van der Waals surface area contributed by atoms with Gasteiger partial charge in [0.05, 0.1) is 19.0 Å². The Kier molecular flexibility index (Phi) is 4.58. The molecule has 0 saturated heterocycles. The number of pyridine rings is 1. The quantitative estimate of drug-likeness (QED) is 0.878. The maximum Gasteiger partial charge on any atom is 0.133 e. The number of aromatic hydroxyl groups is 1. The van der Waals surface area contributed by atoms with Crippen LogP contribution in [0.3, 0.4) is 0 Å². The smallest absolute Gasteiger partial charge is 0.133 e. The number of nitrogens with zero attached hydrogens (tertiary/aromatic N) is 1. The highest BCUT2D eigenvalue weighted by molar-refractivity contribution is 5.38. The number of nitrogens with one attached hydrogen (secondary N) is 1. The third kappa shape index (κ3) is 3.48. The molecule has 0 fully saturated rings. The molecule has 4 nitrogen and oxygen atoms in total. The summed E-state index contributed by atoms with van der Waals surface area (Å²) in [6, 6.07) is 9.75.